The molecule has 130 valence electrons. The molecule has 3 aromatic rings. The summed E-state index contributed by atoms with van der Waals surface area (Å²) in [6.07, 6.45) is 1.07. The molecule has 25 heavy (non-hydrogen) atoms. The Labute approximate surface area is 149 Å². The first-order valence-electron chi connectivity index (χ1n) is 8.99. The average molecular weight is 334 g/mol. The number of aromatic amines is 1. The predicted octanol–water partition coefficient (Wildman–Crippen LogP) is 4.65. The Morgan fingerprint density at radius 3 is 2.52 bits per heavy atom. The van der Waals surface area contributed by atoms with Crippen LogP contribution in [-0.2, 0) is 6.42 Å². The molecule has 0 bridgehead atoms. The molecule has 0 saturated carbocycles. The average Bonchev–Trinajstić information content (AvgIpc) is 2.96. The molecular weight excluding hydrogens is 308 g/mol. The summed E-state index contributed by atoms with van der Waals surface area (Å²) in [7, 11) is 1.74. The first-order chi connectivity index (χ1) is 12.0. The predicted molar refractivity (Wildman–Crippen MR) is 104 cm³/mol. The molecule has 0 spiro atoms. The zero-order valence-corrected chi connectivity index (χ0v) is 15.7. The Balaban J connectivity index is 1.91. The zero-order valence-electron chi connectivity index (χ0n) is 15.7. The third kappa shape index (κ3) is 2.54. The maximum Gasteiger partial charge on any atom is 0.122 e. The molecule has 1 aliphatic rings. The number of methoxy groups -OCH3 is 1. The van der Waals surface area contributed by atoms with Crippen LogP contribution in [0.3, 0.4) is 0 Å². The van der Waals surface area contributed by atoms with Crippen LogP contribution in [0.4, 0.5) is 0 Å². The van der Waals surface area contributed by atoms with Crippen molar-refractivity contribution in [2.24, 2.45) is 0 Å². The summed E-state index contributed by atoms with van der Waals surface area (Å²) in [5.41, 5.74) is 10.5. The molecule has 0 fully saturated rings. The van der Waals surface area contributed by atoms with Gasteiger partial charge >= 0.3 is 0 Å². The number of benzene rings is 2. The van der Waals surface area contributed by atoms with Gasteiger partial charge in [0.2, 0.25) is 0 Å². The maximum absolute atomic E-state index is 5.49. The van der Waals surface area contributed by atoms with Gasteiger partial charge in [-0.05, 0) is 74.1 Å². The smallest absolute Gasteiger partial charge is 0.122 e. The van der Waals surface area contributed by atoms with Crippen LogP contribution in [0.1, 0.15) is 45.1 Å². The minimum Gasteiger partial charge on any atom is -0.496 e. The third-order valence-corrected chi connectivity index (χ3v) is 5.50. The lowest BCUT2D eigenvalue weighted by molar-refractivity contribution is 0.411. The molecule has 0 amide bonds. The van der Waals surface area contributed by atoms with E-state index in [1.165, 1.54) is 50.0 Å². The van der Waals surface area contributed by atoms with Crippen molar-refractivity contribution in [3.63, 3.8) is 0 Å². The number of aryl methyl sites for hydroxylation is 4. The van der Waals surface area contributed by atoms with Crippen molar-refractivity contribution < 1.29 is 4.74 Å². The summed E-state index contributed by atoms with van der Waals surface area (Å²) in [5.74, 6) is 0.959. The third-order valence-electron chi connectivity index (χ3n) is 5.50. The minimum absolute atomic E-state index is 0.209. The Bertz CT molecular complexity index is 968. The van der Waals surface area contributed by atoms with E-state index in [0.29, 0.717) is 0 Å². The standard InChI is InChI=1S/C22H26N2O/c1-12-8-15(4)20-18(9-12)16-6-7-23-21(22(16)24-20)17-10-14(3)19(25-5)11-13(17)2/h8-11,21,23-24H,6-7H2,1-5H3. The highest BCUT2D eigenvalue weighted by atomic mass is 16.5. The SMILES string of the molecule is COc1cc(C)c(C2NCCc3c2[nH]c2c(C)cc(C)cc32)cc1C. The lowest BCUT2D eigenvalue weighted by Gasteiger charge is -2.27. The second-order valence-corrected chi connectivity index (χ2v) is 7.34. The second kappa shape index (κ2) is 5.92. The molecule has 2 N–H and O–H groups in total. The number of ether oxygens (including phenoxy) is 1. The molecule has 1 unspecified atom stereocenters. The van der Waals surface area contributed by atoms with Gasteiger partial charge in [-0.25, -0.2) is 0 Å². The number of hydrogen-bond donors (Lipinski definition) is 2. The number of nitrogens with one attached hydrogen (secondary N) is 2. The summed E-state index contributed by atoms with van der Waals surface area (Å²) >= 11 is 0. The van der Waals surface area contributed by atoms with Gasteiger partial charge in [0.05, 0.1) is 13.2 Å². The van der Waals surface area contributed by atoms with Crippen molar-refractivity contribution in [3.8, 4) is 5.75 Å². The molecule has 0 saturated heterocycles. The van der Waals surface area contributed by atoms with Gasteiger partial charge in [-0.3, -0.25) is 0 Å². The van der Waals surface area contributed by atoms with Crippen LogP contribution in [-0.4, -0.2) is 18.6 Å². The summed E-state index contributed by atoms with van der Waals surface area (Å²) in [5, 5.41) is 5.11. The minimum atomic E-state index is 0.209. The molecule has 3 nitrogen and oxygen atoms in total. The van der Waals surface area contributed by atoms with Gasteiger partial charge in [0.25, 0.3) is 0 Å². The van der Waals surface area contributed by atoms with Crippen LogP contribution in [0, 0.1) is 27.7 Å². The van der Waals surface area contributed by atoms with E-state index in [-0.39, 0.29) is 6.04 Å². The monoisotopic (exact) mass is 334 g/mol. The van der Waals surface area contributed by atoms with Gasteiger partial charge < -0.3 is 15.0 Å². The summed E-state index contributed by atoms with van der Waals surface area (Å²) in [4.78, 5) is 3.74. The van der Waals surface area contributed by atoms with Crippen molar-refractivity contribution in [3.05, 3.63) is 63.3 Å². The Kier molecular flexibility index (Phi) is 3.84. The lowest BCUT2D eigenvalue weighted by Crippen LogP contribution is -2.31. The molecular formula is C22H26N2O. The fourth-order valence-electron chi connectivity index (χ4n) is 4.29. The number of hydrogen-bond acceptors (Lipinski definition) is 2. The van der Waals surface area contributed by atoms with Crippen LogP contribution in [0.2, 0.25) is 0 Å². The summed E-state index contributed by atoms with van der Waals surface area (Å²) < 4.78 is 5.49. The highest BCUT2D eigenvalue weighted by Crippen LogP contribution is 2.37. The quantitative estimate of drug-likeness (QED) is 0.716. The van der Waals surface area contributed by atoms with Gasteiger partial charge in [0.1, 0.15) is 5.75 Å². The van der Waals surface area contributed by atoms with Crippen LogP contribution in [0.5, 0.6) is 5.75 Å². The van der Waals surface area contributed by atoms with Crippen molar-refractivity contribution >= 4 is 10.9 Å². The Hall–Kier alpha value is -2.26. The summed E-state index contributed by atoms with van der Waals surface area (Å²) in [6, 6.07) is 9.21. The van der Waals surface area contributed by atoms with E-state index in [2.05, 4.69) is 62.3 Å². The van der Waals surface area contributed by atoms with Crippen molar-refractivity contribution in [1.82, 2.24) is 10.3 Å². The molecule has 3 heteroatoms. The van der Waals surface area contributed by atoms with E-state index in [4.69, 9.17) is 4.74 Å². The molecule has 1 atom stereocenters. The van der Waals surface area contributed by atoms with Crippen molar-refractivity contribution in [1.29, 1.82) is 0 Å². The van der Waals surface area contributed by atoms with E-state index >= 15 is 0 Å². The largest absolute Gasteiger partial charge is 0.496 e. The first-order valence-corrected chi connectivity index (χ1v) is 8.99. The van der Waals surface area contributed by atoms with Gasteiger partial charge in [0.15, 0.2) is 0 Å². The van der Waals surface area contributed by atoms with Crippen molar-refractivity contribution in [2.75, 3.05) is 13.7 Å². The van der Waals surface area contributed by atoms with Gasteiger partial charge in [-0.15, -0.1) is 0 Å². The lowest BCUT2D eigenvalue weighted by atomic mass is 9.90. The zero-order chi connectivity index (χ0) is 17.7. The van der Waals surface area contributed by atoms with Crippen LogP contribution in [0.25, 0.3) is 10.9 Å². The first kappa shape index (κ1) is 16.2. The highest BCUT2D eigenvalue weighted by molar-refractivity contribution is 5.88. The molecule has 0 radical (unpaired) electrons. The Morgan fingerprint density at radius 1 is 0.960 bits per heavy atom. The highest BCUT2D eigenvalue weighted by Gasteiger charge is 2.27. The van der Waals surface area contributed by atoms with E-state index < -0.39 is 0 Å². The second-order valence-electron chi connectivity index (χ2n) is 7.34. The molecule has 4 rings (SSSR count). The van der Waals surface area contributed by atoms with Gasteiger partial charge in [-0.2, -0.15) is 0 Å². The molecule has 1 aliphatic heterocycles. The van der Waals surface area contributed by atoms with E-state index in [9.17, 15) is 0 Å². The van der Waals surface area contributed by atoms with Crippen LogP contribution in [0.15, 0.2) is 24.3 Å². The van der Waals surface area contributed by atoms with E-state index in [0.717, 1.165) is 18.7 Å². The van der Waals surface area contributed by atoms with Crippen LogP contribution < -0.4 is 10.1 Å². The fraction of sp³-hybridized carbons (Fsp3) is 0.364. The number of fused-ring (bicyclic) bond motifs is 3. The van der Waals surface area contributed by atoms with Gasteiger partial charge in [-0.1, -0.05) is 17.7 Å². The van der Waals surface area contributed by atoms with Crippen LogP contribution >= 0.6 is 0 Å². The van der Waals surface area contributed by atoms with E-state index in [1.54, 1.807) is 7.11 Å². The van der Waals surface area contributed by atoms with Gasteiger partial charge in [0, 0.05) is 23.1 Å². The molecule has 1 aromatic heterocycles. The number of H-pyrrole nitrogens is 1. The number of rotatable bonds is 2. The number of aromatic nitrogens is 1. The van der Waals surface area contributed by atoms with E-state index in [1.807, 2.05) is 0 Å². The van der Waals surface area contributed by atoms with Crippen molar-refractivity contribution in [2.45, 2.75) is 40.2 Å². The molecule has 2 heterocycles. The molecule has 2 aromatic carbocycles. The fourth-order valence-corrected chi connectivity index (χ4v) is 4.29. The maximum atomic E-state index is 5.49. The summed E-state index contributed by atoms with van der Waals surface area (Å²) in [6.45, 7) is 9.67. The Morgan fingerprint density at radius 2 is 1.76 bits per heavy atom. The molecule has 0 aliphatic carbocycles. The topological polar surface area (TPSA) is 37.0 Å². The normalized spacial score (nSPS) is 16.9.